The topological polar surface area (TPSA) is 109 Å². The molecule has 240 valence electrons. The fourth-order valence-corrected chi connectivity index (χ4v) is 4.54. The van der Waals surface area contributed by atoms with E-state index in [1.165, 1.54) is 27.7 Å². The number of anilines is 1. The number of fused-ring (bicyclic) bond motifs is 5. The zero-order valence-corrected chi connectivity index (χ0v) is 24.4. The van der Waals surface area contributed by atoms with Gasteiger partial charge < -0.3 is 18.6 Å². The second kappa shape index (κ2) is 12.6. The van der Waals surface area contributed by atoms with Crippen molar-refractivity contribution < 1.29 is 49.8 Å². The molecule has 44 heavy (non-hydrogen) atoms. The number of pyridine rings is 1. The molecule has 0 spiro atoms. The lowest BCUT2D eigenvalue weighted by Gasteiger charge is -2.32. The summed E-state index contributed by atoms with van der Waals surface area (Å²) in [5.74, 6) is -2.53. The van der Waals surface area contributed by atoms with E-state index in [0.29, 0.717) is 18.1 Å². The van der Waals surface area contributed by atoms with Crippen LogP contribution < -0.4 is 10.1 Å². The van der Waals surface area contributed by atoms with Crippen LogP contribution in [-0.4, -0.2) is 39.2 Å². The Morgan fingerprint density at radius 3 is 2.39 bits per heavy atom. The van der Waals surface area contributed by atoms with Crippen LogP contribution in [0.2, 0.25) is 0 Å². The molecule has 1 aromatic carbocycles. The number of carbonyl (C=O) groups excluding carboxylic acids is 1. The smallest absolute Gasteiger partial charge is 0.426 e. The number of halogens is 6. The van der Waals surface area contributed by atoms with Crippen molar-refractivity contribution in [2.24, 2.45) is 0 Å². The Kier molecular flexibility index (Phi) is 9.47. The van der Waals surface area contributed by atoms with Gasteiger partial charge in [-0.05, 0) is 65.0 Å². The highest BCUT2D eigenvalue weighted by atomic mass is 19.4. The third-order valence-electron chi connectivity index (χ3n) is 6.64. The van der Waals surface area contributed by atoms with Gasteiger partial charge in [0.25, 0.3) is 11.8 Å². The Balaban J connectivity index is 1.89. The van der Waals surface area contributed by atoms with Gasteiger partial charge in [-0.2, -0.15) is 26.3 Å². The maximum Gasteiger partial charge on any atom is 0.426 e. The van der Waals surface area contributed by atoms with Gasteiger partial charge >= 0.3 is 18.4 Å². The second-order valence-corrected chi connectivity index (χ2v) is 11.4. The SMILES string of the molecule is C[C@H]1CCCCC[C@](OCc2ccccc2)(C(F)(F)F)c2nnc(o2)-c2nc(c(C(F)(F)F)cc2NC(=O)OC(C)(C)C)O1. The molecule has 0 aliphatic carbocycles. The summed E-state index contributed by atoms with van der Waals surface area (Å²) < 4.78 is 109. The fraction of sp³-hybridized carbons (Fsp3) is 0.517. The van der Waals surface area contributed by atoms with Crippen LogP contribution in [0.1, 0.15) is 76.8 Å². The first kappa shape index (κ1) is 33.0. The zero-order valence-electron chi connectivity index (χ0n) is 24.4. The number of ether oxygens (including phenoxy) is 3. The van der Waals surface area contributed by atoms with Crippen molar-refractivity contribution in [2.45, 2.75) is 96.1 Å². The summed E-state index contributed by atoms with van der Waals surface area (Å²) in [4.78, 5) is 16.5. The van der Waals surface area contributed by atoms with E-state index < -0.39 is 83.4 Å². The third kappa shape index (κ3) is 7.79. The van der Waals surface area contributed by atoms with Crippen molar-refractivity contribution in [2.75, 3.05) is 5.32 Å². The quantitative estimate of drug-likeness (QED) is 0.288. The number of benzene rings is 1. The average molecular weight is 631 g/mol. The third-order valence-corrected chi connectivity index (χ3v) is 6.64. The predicted octanol–water partition coefficient (Wildman–Crippen LogP) is 8.20. The Morgan fingerprint density at radius 1 is 1.05 bits per heavy atom. The van der Waals surface area contributed by atoms with Crippen LogP contribution in [0.25, 0.3) is 11.6 Å². The number of alkyl halides is 6. The Labute approximate surface area is 249 Å². The molecular weight excluding hydrogens is 598 g/mol. The summed E-state index contributed by atoms with van der Waals surface area (Å²) in [6.07, 6.45) is -11.7. The molecule has 4 bridgehead atoms. The summed E-state index contributed by atoms with van der Waals surface area (Å²) in [6.45, 7) is 5.67. The van der Waals surface area contributed by atoms with Crippen molar-refractivity contribution in [1.29, 1.82) is 0 Å². The first-order valence-electron chi connectivity index (χ1n) is 13.9. The van der Waals surface area contributed by atoms with Crippen LogP contribution in [0.3, 0.4) is 0 Å². The monoisotopic (exact) mass is 630 g/mol. The fourth-order valence-electron chi connectivity index (χ4n) is 4.54. The Morgan fingerprint density at radius 2 is 1.75 bits per heavy atom. The van der Waals surface area contributed by atoms with Crippen LogP contribution in [0.15, 0.2) is 40.8 Å². The highest BCUT2D eigenvalue weighted by Gasteiger charge is 2.61. The van der Waals surface area contributed by atoms with Crippen molar-refractivity contribution in [1.82, 2.24) is 15.2 Å². The molecule has 9 nitrogen and oxygen atoms in total. The minimum atomic E-state index is -5.03. The number of carbonyl (C=O) groups is 1. The highest BCUT2D eigenvalue weighted by molar-refractivity contribution is 5.89. The van der Waals surface area contributed by atoms with E-state index >= 15 is 0 Å². The number of nitrogens with zero attached hydrogens (tertiary/aromatic N) is 3. The lowest BCUT2D eigenvalue weighted by molar-refractivity contribution is -0.300. The van der Waals surface area contributed by atoms with Crippen LogP contribution in [0.5, 0.6) is 5.88 Å². The van der Waals surface area contributed by atoms with Crippen LogP contribution in [0.4, 0.5) is 36.8 Å². The molecule has 0 fully saturated rings. The largest absolute Gasteiger partial charge is 0.474 e. The highest BCUT2D eigenvalue weighted by Crippen LogP contribution is 2.48. The summed E-state index contributed by atoms with van der Waals surface area (Å²) in [7, 11) is 0. The Bertz CT molecular complexity index is 1440. The molecule has 2 atom stereocenters. The zero-order chi connectivity index (χ0) is 32.3. The van der Waals surface area contributed by atoms with Gasteiger partial charge in [0.2, 0.25) is 11.5 Å². The van der Waals surface area contributed by atoms with E-state index in [0.717, 1.165) is 0 Å². The maximum atomic E-state index is 14.9. The second-order valence-electron chi connectivity index (χ2n) is 11.4. The molecule has 2 aromatic heterocycles. The van der Waals surface area contributed by atoms with Gasteiger partial charge in [-0.15, -0.1) is 10.2 Å². The number of aromatic nitrogens is 3. The molecule has 3 aromatic rings. The molecule has 0 radical (unpaired) electrons. The van der Waals surface area contributed by atoms with Crippen LogP contribution in [-0.2, 0) is 27.9 Å². The van der Waals surface area contributed by atoms with Crippen molar-refractivity contribution in [3.8, 4) is 17.5 Å². The molecule has 0 saturated carbocycles. The predicted molar refractivity (Wildman–Crippen MR) is 145 cm³/mol. The van der Waals surface area contributed by atoms with Gasteiger partial charge in [0.05, 0.1) is 18.4 Å². The number of nitrogens with one attached hydrogen (secondary N) is 1. The standard InChI is InChI=1S/C29H32F6N4O5/c1-17-11-7-6-10-14-27(29(33,34)35,41-16-18-12-8-5-9-13-18)24-39-38-23(43-24)21-20(36-25(40)44-26(2,3)4)15-19(28(30,31)32)22(37-21)42-17/h5,8-9,12-13,15,17H,6-7,10-11,14,16H2,1-4H3,(H,36,40)/t17-,27+/m0/s1. The van der Waals surface area contributed by atoms with Crippen molar-refractivity contribution in [3.63, 3.8) is 0 Å². The average Bonchev–Trinajstić information content (AvgIpc) is 3.39. The molecule has 4 rings (SSSR count). The number of amides is 1. The van der Waals surface area contributed by atoms with E-state index in [9.17, 15) is 31.1 Å². The first-order valence-corrected chi connectivity index (χ1v) is 13.9. The van der Waals surface area contributed by atoms with Crippen LogP contribution in [0, 0.1) is 0 Å². The van der Waals surface area contributed by atoms with E-state index in [1.54, 1.807) is 30.3 Å². The molecule has 1 amide bonds. The maximum absolute atomic E-state index is 14.9. The molecule has 0 saturated heterocycles. The van der Waals surface area contributed by atoms with E-state index in [4.69, 9.17) is 18.6 Å². The van der Waals surface area contributed by atoms with Crippen LogP contribution >= 0.6 is 0 Å². The summed E-state index contributed by atoms with van der Waals surface area (Å²) >= 11 is 0. The van der Waals surface area contributed by atoms with Gasteiger partial charge in [-0.1, -0.05) is 36.8 Å². The van der Waals surface area contributed by atoms with Gasteiger partial charge in [-0.25, -0.2) is 9.78 Å². The van der Waals surface area contributed by atoms with Gasteiger partial charge in [0, 0.05) is 0 Å². The first-order chi connectivity index (χ1) is 20.5. The molecule has 1 aliphatic rings. The summed E-state index contributed by atoms with van der Waals surface area (Å²) in [5.41, 5.74) is -6.11. The minimum absolute atomic E-state index is 0.0154. The number of hydrogen-bond acceptors (Lipinski definition) is 8. The lowest BCUT2D eigenvalue weighted by atomic mass is 9.94. The molecule has 0 unspecified atom stereocenters. The van der Waals surface area contributed by atoms with Gasteiger partial charge in [0.1, 0.15) is 11.2 Å². The van der Waals surface area contributed by atoms with Gasteiger partial charge in [-0.3, -0.25) is 5.32 Å². The molecular formula is C29H32F6N4O5. The minimum Gasteiger partial charge on any atom is -0.474 e. The van der Waals surface area contributed by atoms with E-state index in [-0.39, 0.29) is 19.3 Å². The molecule has 1 aliphatic heterocycles. The van der Waals surface area contributed by atoms with Crippen molar-refractivity contribution in [3.05, 3.63) is 53.4 Å². The van der Waals surface area contributed by atoms with E-state index in [1.807, 2.05) is 0 Å². The lowest BCUT2D eigenvalue weighted by Crippen LogP contribution is -2.45. The summed E-state index contributed by atoms with van der Waals surface area (Å²) in [5, 5.41) is 9.54. The van der Waals surface area contributed by atoms with Gasteiger partial charge in [0.15, 0.2) is 5.69 Å². The normalized spacial score (nSPS) is 19.9. The van der Waals surface area contributed by atoms with Crippen molar-refractivity contribution >= 4 is 11.8 Å². The van der Waals surface area contributed by atoms with E-state index in [2.05, 4.69) is 20.5 Å². The molecule has 15 heteroatoms. The summed E-state index contributed by atoms with van der Waals surface area (Å²) in [6, 6.07) is 8.72. The molecule has 1 N–H and O–H groups in total. The number of hydrogen-bond donors (Lipinski definition) is 1. The Hall–Kier alpha value is -3.88. The molecule has 3 heterocycles. The number of rotatable bonds is 4.